The highest BCUT2D eigenvalue weighted by Gasteiger charge is 2.29. The molecule has 28 heavy (non-hydrogen) atoms. The van der Waals surface area contributed by atoms with Crippen LogP contribution in [0.5, 0.6) is 0 Å². The monoisotopic (exact) mass is 386 g/mol. The summed E-state index contributed by atoms with van der Waals surface area (Å²) in [5.41, 5.74) is 3.44. The maximum absolute atomic E-state index is 12.5. The van der Waals surface area contributed by atoms with Crippen LogP contribution in [0.3, 0.4) is 0 Å². The molecule has 0 aromatic carbocycles. The highest BCUT2D eigenvalue weighted by molar-refractivity contribution is 5.84. The molecule has 2 aliphatic rings. The lowest BCUT2D eigenvalue weighted by atomic mass is 9.87. The highest BCUT2D eigenvalue weighted by atomic mass is 16.5. The zero-order chi connectivity index (χ0) is 20.7. The number of carbonyl (C=O) groups is 2. The zero-order valence-electron chi connectivity index (χ0n) is 17.6. The van der Waals surface area contributed by atoms with Gasteiger partial charge in [0, 0.05) is 18.3 Å². The second-order valence-corrected chi connectivity index (χ2v) is 8.27. The van der Waals surface area contributed by atoms with Crippen molar-refractivity contribution in [2.45, 2.75) is 78.4 Å². The van der Waals surface area contributed by atoms with Crippen LogP contribution in [0.4, 0.5) is 0 Å². The first-order valence-corrected chi connectivity index (χ1v) is 10.4. The first kappa shape index (κ1) is 22.4. The molecule has 0 fully saturated rings. The van der Waals surface area contributed by atoms with Crippen molar-refractivity contribution >= 4 is 11.8 Å². The van der Waals surface area contributed by atoms with Gasteiger partial charge < -0.3 is 9.84 Å². The Morgan fingerprint density at radius 3 is 2.68 bits per heavy atom. The van der Waals surface area contributed by atoms with Crippen LogP contribution in [-0.2, 0) is 14.3 Å². The number of cyclic esters (lactones) is 1. The Morgan fingerprint density at radius 2 is 2.00 bits per heavy atom. The second kappa shape index (κ2) is 10.6. The molecule has 4 nitrogen and oxygen atoms in total. The lowest BCUT2D eigenvalue weighted by Gasteiger charge is -2.23. The molecule has 2 unspecified atom stereocenters. The molecule has 4 atom stereocenters. The molecule has 0 spiro atoms. The third-order valence-electron chi connectivity index (χ3n) is 5.66. The quantitative estimate of drug-likeness (QED) is 0.545. The summed E-state index contributed by atoms with van der Waals surface area (Å²) in [6, 6.07) is 0. The summed E-state index contributed by atoms with van der Waals surface area (Å²) in [6.07, 6.45) is 13.2. The van der Waals surface area contributed by atoms with Gasteiger partial charge in [-0.25, -0.2) is 0 Å². The van der Waals surface area contributed by atoms with E-state index in [0.29, 0.717) is 6.42 Å². The van der Waals surface area contributed by atoms with Crippen molar-refractivity contribution in [2.24, 2.45) is 11.8 Å². The fourth-order valence-electron chi connectivity index (χ4n) is 3.68. The average Bonchev–Trinajstić information content (AvgIpc) is 3.05. The molecule has 4 heteroatoms. The standard InChI is InChI=1S/C24H34O4/c1-16-11-12-20(13-16)14-18(3)22-10-8-6-5-7-9-17(2)24(27)19(4)21(25)15-23(26)28-22/h6,8,12-14,17,19,21-22,25H,5,7,9-11,15H2,1-4H3/b8-6-,18-14+/t17?,19?,21-,22-/m0/s1. The summed E-state index contributed by atoms with van der Waals surface area (Å²) in [4.78, 5) is 24.9. The van der Waals surface area contributed by atoms with Crippen LogP contribution in [-0.4, -0.2) is 29.1 Å². The molecule has 1 heterocycles. The number of allylic oxidation sites excluding steroid dienone is 6. The number of hydrogen-bond acceptors (Lipinski definition) is 4. The lowest BCUT2D eigenvalue weighted by Crippen LogP contribution is -2.33. The van der Waals surface area contributed by atoms with Crippen LogP contribution >= 0.6 is 0 Å². The van der Waals surface area contributed by atoms with E-state index in [4.69, 9.17) is 4.74 Å². The van der Waals surface area contributed by atoms with Gasteiger partial charge >= 0.3 is 5.97 Å². The molecule has 2 rings (SSSR count). The number of esters is 1. The first-order valence-electron chi connectivity index (χ1n) is 10.4. The van der Waals surface area contributed by atoms with Crippen molar-refractivity contribution in [3.05, 3.63) is 47.1 Å². The number of ketones is 1. The van der Waals surface area contributed by atoms with Crippen LogP contribution in [0.15, 0.2) is 47.1 Å². The van der Waals surface area contributed by atoms with E-state index >= 15 is 0 Å². The van der Waals surface area contributed by atoms with Gasteiger partial charge in [-0.2, -0.15) is 0 Å². The van der Waals surface area contributed by atoms with E-state index < -0.39 is 18.0 Å². The molecule has 0 aromatic heterocycles. The predicted molar refractivity (Wildman–Crippen MR) is 112 cm³/mol. The van der Waals surface area contributed by atoms with E-state index in [0.717, 1.165) is 36.8 Å². The van der Waals surface area contributed by atoms with Gasteiger partial charge in [-0.1, -0.05) is 49.8 Å². The van der Waals surface area contributed by atoms with Crippen molar-refractivity contribution in [1.82, 2.24) is 0 Å². The van der Waals surface area contributed by atoms with E-state index in [1.165, 1.54) is 5.57 Å². The maximum Gasteiger partial charge on any atom is 0.309 e. The number of aliphatic hydroxyl groups excluding tert-OH is 1. The second-order valence-electron chi connectivity index (χ2n) is 8.27. The Balaban J connectivity index is 2.15. The molecular weight excluding hydrogens is 352 g/mol. The van der Waals surface area contributed by atoms with Crippen LogP contribution in [0, 0.1) is 11.8 Å². The predicted octanol–water partition coefficient (Wildman–Crippen LogP) is 4.84. The third-order valence-corrected chi connectivity index (χ3v) is 5.66. The highest BCUT2D eigenvalue weighted by Crippen LogP contribution is 2.23. The Bertz CT molecular complexity index is 695. The summed E-state index contributed by atoms with van der Waals surface area (Å²) in [6.45, 7) is 7.67. The number of ether oxygens (including phenoxy) is 1. The van der Waals surface area contributed by atoms with Crippen molar-refractivity contribution in [3.8, 4) is 0 Å². The number of aliphatic hydroxyl groups is 1. The fraction of sp³-hybridized carbons (Fsp3) is 0.583. The van der Waals surface area contributed by atoms with Gasteiger partial charge in [0.05, 0.1) is 12.5 Å². The van der Waals surface area contributed by atoms with E-state index in [1.807, 2.05) is 13.8 Å². The Hall–Kier alpha value is -1.94. The van der Waals surface area contributed by atoms with Crippen LogP contribution in [0.25, 0.3) is 0 Å². The molecule has 0 aromatic rings. The minimum absolute atomic E-state index is 0.0179. The molecule has 1 N–H and O–H groups in total. The summed E-state index contributed by atoms with van der Waals surface area (Å²) >= 11 is 0. The van der Waals surface area contributed by atoms with E-state index in [2.05, 4.69) is 37.3 Å². The van der Waals surface area contributed by atoms with Gasteiger partial charge in [-0.15, -0.1) is 0 Å². The maximum atomic E-state index is 12.5. The zero-order valence-corrected chi connectivity index (χ0v) is 17.6. The van der Waals surface area contributed by atoms with Gasteiger partial charge in [-0.3, -0.25) is 9.59 Å². The van der Waals surface area contributed by atoms with Crippen LogP contribution in [0.2, 0.25) is 0 Å². The van der Waals surface area contributed by atoms with Crippen LogP contribution in [0.1, 0.15) is 66.2 Å². The summed E-state index contributed by atoms with van der Waals surface area (Å²) in [7, 11) is 0. The number of hydrogen-bond donors (Lipinski definition) is 1. The first-order chi connectivity index (χ1) is 13.3. The molecule has 1 aliphatic heterocycles. The molecule has 0 bridgehead atoms. The van der Waals surface area contributed by atoms with Crippen LogP contribution < -0.4 is 0 Å². The summed E-state index contributed by atoms with van der Waals surface area (Å²) in [5, 5.41) is 10.4. The fourth-order valence-corrected chi connectivity index (χ4v) is 3.68. The smallest absolute Gasteiger partial charge is 0.309 e. The molecule has 0 saturated carbocycles. The minimum Gasteiger partial charge on any atom is -0.457 e. The number of carbonyl (C=O) groups excluding carboxylic acids is 2. The molecule has 0 amide bonds. The Morgan fingerprint density at radius 1 is 1.25 bits per heavy atom. The summed E-state index contributed by atoms with van der Waals surface area (Å²) in [5.74, 6) is -1.11. The summed E-state index contributed by atoms with van der Waals surface area (Å²) < 4.78 is 5.70. The lowest BCUT2D eigenvalue weighted by molar-refractivity contribution is -0.150. The van der Waals surface area contributed by atoms with E-state index in [-0.39, 0.29) is 24.2 Å². The van der Waals surface area contributed by atoms with Gasteiger partial charge in [0.1, 0.15) is 11.9 Å². The number of Topliss-reactive ketones (excluding diaryl/α,β-unsaturated/α-hetero) is 1. The van der Waals surface area contributed by atoms with Gasteiger partial charge in [0.2, 0.25) is 0 Å². The van der Waals surface area contributed by atoms with Crippen molar-refractivity contribution in [3.63, 3.8) is 0 Å². The average molecular weight is 387 g/mol. The van der Waals surface area contributed by atoms with Gasteiger partial charge in [0.25, 0.3) is 0 Å². The van der Waals surface area contributed by atoms with Gasteiger partial charge in [-0.05, 0) is 50.7 Å². The normalized spacial score (nSPS) is 32.2. The van der Waals surface area contributed by atoms with Crippen molar-refractivity contribution in [2.75, 3.05) is 0 Å². The Kier molecular flexibility index (Phi) is 8.43. The third kappa shape index (κ3) is 6.59. The number of rotatable bonds is 2. The molecular formula is C24H34O4. The van der Waals surface area contributed by atoms with Crippen molar-refractivity contribution in [1.29, 1.82) is 0 Å². The minimum atomic E-state index is -1.01. The molecule has 154 valence electrons. The largest absolute Gasteiger partial charge is 0.457 e. The molecule has 0 saturated heterocycles. The Labute approximate surface area is 169 Å². The van der Waals surface area contributed by atoms with E-state index in [1.54, 1.807) is 6.92 Å². The SMILES string of the molecule is CC1=CC(/C=C(\C)[C@@H]2C/C=C\CCCC(C)C(=O)C(C)[C@@H](O)CC(=O)O2)=CC1. The van der Waals surface area contributed by atoms with Crippen molar-refractivity contribution < 1.29 is 19.4 Å². The molecule has 1 aliphatic carbocycles. The topological polar surface area (TPSA) is 63.6 Å². The van der Waals surface area contributed by atoms with Gasteiger partial charge in [0.15, 0.2) is 0 Å². The molecule has 0 radical (unpaired) electrons. The van der Waals surface area contributed by atoms with E-state index in [9.17, 15) is 14.7 Å².